The standard InChI is InChI=1S/C22H27ClN4O.2ClH/c1-27(11-2-3-16-4-6-17(15-24)7-5-16)12-10-25-22(28)21-13-18-8-9-19(23)14-20(18)26-21;;/h4-9,13-14,26H,2-3,10-12,15,24H2,1H3,(H,25,28);2*1H. The van der Waals surface area contributed by atoms with Crippen LogP contribution in [0.1, 0.15) is 28.0 Å². The highest BCUT2D eigenvalue weighted by Gasteiger charge is 2.09. The summed E-state index contributed by atoms with van der Waals surface area (Å²) in [6.07, 6.45) is 2.12. The van der Waals surface area contributed by atoms with Crippen LogP contribution >= 0.6 is 36.4 Å². The molecule has 0 atom stereocenters. The predicted octanol–water partition coefficient (Wildman–Crippen LogP) is 4.42. The van der Waals surface area contributed by atoms with Crippen molar-refractivity contribution in [2.75, 3.05) is 26.7 Å². The molecule has 0 fully saturated rings. The second-order valence-corrected chi connectivity index (χ2v) is 7.53. The average molecular weight is 472 g/mol. The van der Waals surface area contributed by atoms with Gasteiger partial charge in [0.05, 0.1) is 0 Å². The number of nitrogens with one attached hydrogen (secondary N) is 2. The number of aromatic nitrogens is 1. The Morgan fingerprint density at radius 1 is 1.07 bits per heavy atom. The maximum atomic E-state index is 12.3. The Morgan fingerprint density at radius 3 is 2.47 bits per heavy atom. The van der Waals surface area contributed by atoms with Crippen molar-refractivity contribution in [3.05, 3.63) is 70.4 Å². The van der Waals surface area contributed by atoms with Crippen LogP contribution in [0.5, 0.6) is 0 Å². The monoisotopic (exact) mass is 470 g/mol. The summed E-state index contributed by atoms with van der Waals surface area (Å²) in [5, 5.41) is 4.60. The summed E-state index contributed by atoms with van der Waals surface area (Å²) in [4.78, 5) is 17.7. The zero-order valence-electron chi connectivity index (χ0n) is 17.0. The molecule has 0 spiro atoms. The summed E-state index contributed by atoms with van der Waals surface area (Å²) in [7, 11) is 2.08. The van der Waals surface area contributed by atoms with Crippen molar-refractivity contribution in [3.8, 4) is 0 Å². The van der Waals surface area contributed by atoms with Gasteiger partial charge in [-0.25, -0.2) is 0 Å². The van der Waals surface area contributed by atoms with Gasteiger partial charge in [-0.15, -0.1) is 24.8 Å². The van der Waals surface area contributed by atoms with Crippen molar-refractivity contribution in [1.29, 1.82) is 0 Å². The van der Waals surface area contributed by atoms with E-state index in [1.165, 1.54) is 5.56 Å². The quantitative estimate of drug-likeness (QED) is 0.432. The highest BCUT2D eigenvalue weighted by atomic mass is 35.5. The van der Waals surface area contributed by atoms with E-state index in [1.807, 2.05) is 24.3 Å². The van der Waals surface area contributed by atoms with Crippen molar-refractivity contribution in [2.24, 2.45) is 5.73 Å². The summed E-state index contributed by atoms with van der Waals surface area (Å²) in [6, 6.07) is 15.9. The Bertz CT molecular complexity index is 928. The molecule has 0 bridgehead atoms. The molecular weight excluding hydrogens is 443 g/mol. The number of benzene rings is 2. The van der Waals surface area contributed by atoms with E-state index >= 15 is 0 Å². The van der Waals surface area contributed by atoms with Gasteiger partial charge < -0.3 is 20.9 Å². The van der Waals surface area contributed by atoms with Gasteiger partial charge >= 0.3 is 0 Å². The molecule has 8 heteroatoms. The van der Waals surface area contributed by atoms with Crippen molar-refractivity contribution in [1.82, 2.24) is 15.2 Å². The highest BCUT2D eigenvalue weighted by Crippen LogP contribution is 2.19. The summed E-state index contributed by atoms with van der Waals surface area (Å²) in [5.41, 5.74) is 9.55. The van der Waals surface area contributed by atoms with Crippen LogP contribution in [0.15, 0.2) is 48.5 Å². The molecule has 0 radical (unpaired) electrons. The number of halogens is 3. The van der Waals surface area contributed by atoms with E-state index in [0.29, 0.717) is 23.8 Å². The number of likely N-dealkylation sites (N-methyl/N-ethyl adjacent to an activating group) is 1. The number of rotatable bonds is 9. The number of amides is 1. The minimum absolute atomic E-state index is 0. The van der Waals surface area contributed by atoms with Crippen LogP contribution in [0.2, 0.25) is 5.02 Å². The van der Waals surface area contributed by atoms with Crippen molar-refractivity contribution in [2.45, 2.75) is 19.4 Å². The Balaban J connectivity index is 0.00000225. The molecule has 4 N–H and O–H groups in total. The molecule has 1 amide bonds. The number of H-pyrrole nitrogens is 1. The first-order chi connectivity index (χ1) is 13.5. The molecule has 1 aromatic heterocycles. The zero-order chi connectivity index (χ0) is 19.9. The number of fused-ring (bicyclic) bond motifs is 1. The van der Waals surface area contributed by atoms with Gasteiger partial charge in [-0.1, -0.05) is 41.9 Å². The molecule has 3 rings (SSSR count). The first kappa shape index (κ1) is 26.3. The topological polar surface area (TPSA) is 74.2 Å². The molecule has 1 heterocycles. The first-order valence-corrected chi connectivity index (χ1v) is 9.96. The van der Waals surface area contributed by atoms with Gasteiger partial charge in [-0.3, -0.25) is 4.79 Å². The SMILES string of the molecule is CN(CCCc1ccc(CN)cc1)CCNC(=O)c1cc2ccc(Cl)cc2[nH]1.Cl.Cl. The highest BCUT2D eigenvalue weighted by molar-refractivity contribution is 6.31. The van der Waals surface area contributed by atoms with Crippen LogP contribution in [0, 0.1) is 0 Å². The molecule has 30 heavy (non-hydrogen) atoms. The Kier molecular flexibility index (Phi) is 11.2. The van der Waals surface area contributed by atoms with E-state index < -0.39 is 0 Å². The molecule has 0 aliphatic carbocycles. The number of carbonyl (C=O) groups is 1. The van der Waals surface area contributed by atoms with Crippen molar-refractivity contribution >= 4 is 53.2 Å². The molecule has 164 valence electrons. The molecular formula is C22H29Cl3N4O. The number of aryl methyl sites for hydroxylation is 1. The minimum Gasteiger partial charge on any atom is -0.350 e. The third-order valence-electron chi connectivity index (χ3n) is 4.87. The third kappa shape index (κ3) is 7.49. The second kappa shape index (κ2) is 12.8. The van der Waals surface area contributed by atoms with Gasteiger partial charge in [0.25, 0.3) is 5.91 Å². The molecule has 2 aromatic carbocycles. The largest absolute Gasteiger partial charge is 0.350 e. The van der Waals surface area contributed by atoms with Crippen molar-refractivity contribution < 1.29 is 4.79 Å². The fourth-order valence-corrected chi connectivity index (χ4v) is 3.36. The van der Waals surface area contributed by atoms with Gasteiger partial charge in [-0.2, -0.15) is 0 Å². The van der Waals surface area contributed by atoms with Crippen molar-refractivity contribution in [3.63, 3.8) is 0 Å². The number of nitrogens with two attached hydrogens (primary N) is 1. The van der Waals surface area contributed by atoms with E-state index in [0.717, 1.165) is 42.4 Å². The van der Waals surface area contributed by atoms with Gasteiger partial charge in [0, 0.05) is 35.6 Å². The summed E-state index contributed by atoms with van der Waals surface area (Å²) < 4.78 is 0. The van der Waals surface area contributed by atoms with E-state index in [9.17, 15) is 4.79 Å². The summed E-state index contributed by atoms with van der Waals surface area (Å²) >= 11 is 5.99. The average Bonchev–Trinajstić information content (AvgIpc) is 3.11. The molecule has 5 nitrogen and oxygen atoms in total. The van der Waals surface area contributed by atoms with E-state index in [-0.39, 0.29) is 30.7 Å². The molecule has 0 unspecified atom stereocenters. The first-order valence-electron chi connectivity index (χ1n) is 9.58. The third-order valence-corrected chi connectivity index (χ3v) is 5.11. The lowest BCUT2D eigenvalue weighted by molar-refractivity contribution is 0.0945. The lowest BCUT2D eigenvalue weighted by Gasteiger charge is -2.16. The van der Waals surface area contributed by atoms with Crippen LogP contribution in [0.3, 0.4) is 0 Å². The predicted molar refractivity (Wildman–Crippen MR) is 130 cm³/mol. The zero-order valence-corrected chi connectivity index (χ0v) is 19.4. The Hall–Kier alpha value is -1.76. The summed E-state index contributed by atoms with van der Waals surface area (Å²) in [5.74, 6) is -0.0966. The summed E-state index contributed by atoms with van der Waals surface area (Å²) in [6.45, 7) is 2.99. The normalized spacial score (nSPS) is 10.5. The number of aromatic amines is 1. The second-order valence-electron chi connectivity index (χ2n) is 7.10. The van der Waals surface area contributed by atoms with Gasteiger partial charge in [0.15, 0.2) is 0 Å². The van der Waals surface area contributed by atoms with Gasteiger partial charge in [0.2, 0.25) is 0 Å². The van der Waals surface area contributed by atoms with Gasteiger partial charge in [-0.05, 0) is 55.8 Å². The van der Waals surface area contributed by atoms with Crippen LogP contribution in [0.4, 0.5) is 0 Å². The van der Waals surface area contributed by atoms with E-state index in [1.54, 1.807) is 0 Å². The molecule has 0 saturated carbocycles. The Morgan fingerprint density at radius 2 is 1.77 bits per heavy atom. The molecule has 0 aliphatic heterocycles. The van der Waals surface area contributed by atoms with Crippen LogP contribution in [0.25, 0.3) is 10.9 Å². The number of hydrogen-bond acceptors (Lipinski definition) is 3. The minimum atomic E-state index is -0.0966. The van der Waals surface area contributed by atoms with Crippen LogP contribution < -0.4 is 11.1 Å². The van der Waals surface area contributed by atoms with Gasteiger partial charge in [0.1, 0.15) is 5.69 Å². The lowest BCUT2D eigenvalue weighted by atomic mass is 10.1. The molecule has 3 aromatic rings. The maximum Gasteiger partial charge on any atom is 0.267 e. The molecule has 0 saturated heterocycles. The van der Waals surface area contributed by atoms with E-state index in [4.69, 9.17) is 17.3 Å². The van der Waals surface area contributed by atoms with E-state index in [2.05, 4.69) is 46.5 Å². The number of carbonyl (C=O) groups excluding carboxylic acids is 1. The number of hydrogen-bond donors (Lipinski definition) is 3. The van der Waals surface area contributed by atoms with Crippen LogP contribution in [-0.2, 0) is 13.0 Å². The molecule has 0 aliphatic rings. The maximum absolute atomic E-state index is 12.3. The Labute approximate surface area is 195 Å². The number of nitrogens with zero attached hydrogens (tertiary/aromatic N) is 1. The van der Waals surface area contributed by atoms with Crippen LogP contribution in [-0.4, -0.2) is 42.5 Å². The fourth-order valence-electron chi connectivity index (χ4n) is 3.18. The fraction of sp³-hybridized carbons (Fsp3) is 0.318. The smallest absolute Gasteiger partial charge is 0.267 e. The lowest BCUT2D eigenvalue weighted by Crippen LogP contribution is -2.33.